The zero-order valence-corrected chi connectivity index (χ0v) is 9.34. The first kappa shape index (κ1) is 10.5. The standard InChI is InChI=1S/C14H9NO3/c16-13-10-7-4-8-11(12(10)14(17)15-13)18-9-5-2-1-3-6-9/h1-8H,(H,15,16,17). The molecule has 18 heavy (non-hydrogen) atoms. The number of fused-ring (bicyclic) bond motifs is 1. The molecular weight excluding hydrogens is 230 g/mol. The van der Waals surface area contributed by atoms with Crippen molar-refractivity contribution in [2.45, 2.75) is 0 Å². The molecule has 0 aromatic heterocycles. The van der Waals surface area contributed by atoms with Crippen LogP contribution in [0.25, 0.3) is 0 Å². The summed E-state index contributed by atoms with van der Waals surface area (Å²) in [6.45, 7) is 0. The summed E-state index contributed by atoms with van der Waals surface area (Å²) in [4.78, 5) is 23.2. The van der Waals surface area contributed by atoms with Crippen molar-refractivity contribution in [1.82, 2.24) is 5.32 Å². The molecule has 0 radical (unpaired) electrons. The van der Waals surface area contributed by atoms with Crippen LogP contribution in [-0.4, -0.2) is 11.8 Å². The fourth-order valence-corrected chi connectivity index (χ4v) is 1.89. The van der Waals surface area contributed by atoms with Crippen molar-refractivity contribution in [2.75, 3.05) is 0 Å². The van der Waals surface area contributed by atoms with Gasteiger partial charge in [-0.05, 0) is 24.3 Å². The largest absolute Gasteiger partial charge is 0.457 e. The highest BCUT2D eigenvalue weighted by atomic mass is 16.5. The monoisotopic (exact) mass is 239 g/mol. The van der Waals surface area contributed by atoms with Gasteiger partial charge in [-0.1, -0.05) is 24.3 Å². The summed E-state index contributed by atoms with van der Waals surface area (Å²) in [6, 6.07) is 14.1. The molecule has 0 saturated carbocycles. The maximum atomic E-state index is 11.7. The van der Waals surface area contributed by atoms with Gasteiger partial charge in [0.25, 0.3) is 11.8 Å². The quantitative estimate of drug-likeness (QED) is 0.818. The van der Waals surface area contributed by atoms with Crippen LogP contribution in [0.1, 0.15) is 20.7 Å². The number of benzene rings is 2. The summed E-state index contributed by atoms with van der Waals surface area (Å²) < 4.78 is 5.63. The lowest BCUT2D eigenvalue weighted by Gasteiger charge is -2.07. The van der Waals surface area contributed by atoms with E-state index in [0.29, 0.717) is 22.6 Å². The van der Waals surface area contributed by atoms with Gasteiger partial charge in [-0.15, -0.1) is 0 Å². The van der Waals surface area contributed by atoms with Gasteiger partial charge in [0.1, 0.15) is 11.5 Å². The summed E-state index contributed by atoms with van der Waals surface area (Å²) in [7, 11) is 0. The predicted molar refractivity (Wildman–Crippen MR) is 64.8 cm³/mol. The minimum Gasteiger partial charge on any atom is -0.457 e. The Morgan fingerprint density at radius 2 is 1.61 bits per heavy atom. The van der Waals surface area contributed by atoms with Gasteiger partial charge >= 0.3 is 0 Å². The van der Waals surface area contributed by atoms with E-state index in [9.17, 15) is 9.59 Å². The van der Waals surface area contributed by atoms with E-state index in [2.05, 4.69) is 5.32 Å². The first-order valence-electron chi connectivity index (χ1n) is 5.47. The van der Waals surface area contributed by atoms with Crippen molar-refractivity contribution in [1.29, 1.82) is 0 Å². The molecule has 0 aliphatic carbocycles. The number of hydrogen-bond donors (Lipinski definition) is 1. The average Bonchev–Trinajstić information content (AvgIpc) is 2.67. The number of hydrogen-bond acceptors (Lipinski definition) is 3. The van der Waals surface area contributed by atoms with Gasteiger partial charge in [0.05, 0.1) is 11.1 Å². The Bertz CT molecular complexity index is 635. The number of imide groups is 1. The Labute approximate surface area is 103 Å². The van der Waals surface area contributed by atoms with E-state index in [0.717, 1.165) is 0 Å². The van der Waals surface area contributed by atoms with Crippen LogP contribution < -0.4 is 10.1 Å². The van der Waals surface area contributed by atoms with Crippen LogP contribution in [0.15, 0.2) is 48.5 Å². The van der Waals surface area contributed by atoms with E-state index in [1.807, 2.05) is 18.2 Å². The second kappa shape index (κ2) is 4.00. The summed E-state index contributed by atoms with van der Waals surface area (Å²) in [5, 5.41) is 2.25. The Morgan fingerprint density at radius 1 is 0.833 bits per heavy atom. The lowest BCUT2D eigenvalue weighted by Crippen LogP contribution is -2.20. The fourth-order valence-electron chi connectivity index (χ4n) is 1.89. The molecule has 1 heterocycles. The number of nitrogens with one attached hydrogen (secondary N) is 1. The van der Waals surface area contributed by atoms with Crippen LogP contribution in [0.4, 0.5) is 0 Å². The number of amides is 2. The van der Waals surface area contributed by atoms with Crippen molar-refractivity contribution >= 4 is 11.8 Å². The lowest BCUT2D eigenvalue weighted by atomic mass is 10.1. The second-order valence-corrected chi connectivity index (χ2v) is 3.88. The maximum absolute atomic E-state index is 11.7. The van der Waals surface area contributed by atoms with E-state index in [4.69, 9.17) is 4.74 Å². The van der Waals surface area contributed by atoms with Crippen LogP contribution in [0.2, 0.25) is 0 Å². The van der Waals surface area contributed by atoms with E-state index in [1.165, 1.54) is 0 Å². The molecule has 4 nitrogen and oxygen atoms in total. The molecule has 88 valence electrons. The third kappa shape index (κ3) is 1.64. The molecule has 3 rings (SSSR count). The molecule has 0 bridgehead atoms. The van der Waals surface area contributed by atoms with Crippen LogP contribution in [0, 0.1) is 0 Å². The second-order valence-electron chi connectivity index (χ2n) is 3.88. The number of para-hydroxylation sites is 1. The van der Waals surface area contributed by atoms with Crippen LogP contribution in [0.5, 0.6) is 11.5 Å². The maximum Gasteiger partial charge on any atom is 0.262 e. The third-order valence-electron chi connectivity index (χ3n) is 2.70. The average molecular weight is 239 g/mol. The highest BCUT2D eigenvalue weighted by Gasteiger charge is 2.30. The molecular formula is C14H9NO3. The third-order valence-corrected chi connectivity index (χ3v) is 2.70. The molecule has 1 aliphatic rings. The molecule has 0 spiro atoms. The van der Waals surface area contributed by atoms with E-state index in [-0.39, 0.29) is 5.91 Å². The zero-order valence-electron chi connectivity index (χ0n) is 9.34. The minimum atomic E-state index is -0.415. The molecule has 0 atom stereocenters. The van der Waals surface area contributed by atoms with Gasteiger partial charge in [0.2, 0.25) is 0 Å². The van der Waals surface area contributed by atoms with Crippen molar-refractivity contribution in [3.63, 3.8) is 0 Å². The van der Waals surface area contributed by atoms with Gasteiger partial charge in [0, 0.05) is 0 Å². The molecule has 2 aromatic carbocycles. The summed E-state index contributed by atoms with van der Waals surface area (Å²) in [5.41, 5.74) is 0.653. The molecule has 2 amide bonds. The van der Waals surface area contributed by atoms with Crippen molar-refractivity contribution in [3.8, 4) is 11.5 Å². The van der Waals surface area contributed by atoms with Crippen LogP contribution in [0.3, 0.4) is 0 Å². The Morgan fingerprint density at radius 3 is 2.39 bits per heavy atom. The van der Waals surface area contributed by atoms with Crippen LogP contribution >= 0.6 is 0 Å². The molecule has 4 heteroatoms. The highest BCUT2D eigenvalue weighted by Crippen LogP contribution is 2.30. The van der Waals surface area contributed by atoms with E-state index < -0.39 is 5.91 Å². The van der Waals surface area contributed by atoms with Crippen molar-refractivity contribution in [3.05, 3.63) is 59.7 Å². The normalized spacial score (nSPS) is 13.1. The lowest BCUT2D eigenvalue weighted by molar-refractivity contribution is 0.0879. The van der Waals surface area contributed by atoms with Crippen molar-refractivity contribution in [2.24, 2.45) is 0 Å². The SMILES string of the molecule is O=C1NC(=O)c2c(Oc3ccccc3)cccc21. The minimum absolute atomic E-state index is 0.298. The zero-order chi connectivity index (χ0) is 12.5. The molecule has 1 N–H and O–H groups in total. The summed E-state index contributed by atoms with van der Waals surface area (Å²) in [5.74, 6) is 0.218. The van der Waals surface area contributed by atoms with E-state index in [1.54, 1.807) is 30.3 Å². The number of carbonyl (C=O) groups is 2. The van der Waals surface area contributed by atoms with Gasteiger partial charge in [-0.3, -0.25) is 14.9 Å². The first-order chi connectivity index (χ1) is 8.75. The molecule has 2 aromatic rings. The van der Waals surface area contributed by atoms with Gasteiger partial charge < -0.3 is 4.74 Å². The molecule has 0 fully saturated rings. The first-order valence-corrected chi connectivity index (χ1v) is 5.47. The molecule has 0 saturated heterocycles. The van der Waals surface area contributed by atoms with E-state index >= 15 is 0 Å². The Balaban J connectivity index is 2.05. The summed E-state index contributed by atoms with van der Waals surface area (Å²) >= 11 is 0. The fraction of sp³-hybridized carbons (Fsp3) is 0. The van der Waals surface area contributed by atoms with Gasteiger partial charge in [0.15, 0.2) is 0 Å². The highest BCUT2D eigenvalue weighted by molar-refractivity contribution is 6.22. The number of rotatable bonds is 2. The summed E-state index contributed by atoms with van der Waals surface area (Å²) in [6.07, 6.45) is 0. The molecule has 0 unspecified atom stereocenters. The van der Waals surface area contributed by atoms with Crippen LogP contribution in [-0.2, 0) is 0 Å². The smallest absolute Gasteiger partial charge is 0.262 e. The number of ether oxygens (including phenoxy) is 1. The van der Waals surface area contributed by atoms with Crippen molar-refractivity contribution < 1.29 is 14.3 Å². The molecule has 1 aliphatic heterocycles. The van der Waals surface area contributed by atoms with Gasteiger partial charge in [-0.2, -0.15) is 0 Å². The number of carbonyl (C=O) groups excluding carboxylic acids is 2. The topological polar surface area (TPSA) is 55.4 Å². The predicted octanol–water partition coefficient (Wildman–Crippen LogP) is 2.36. The van der Waals surface area contributed by atoms with Gasteiger partial charge in [-0.25, -0.2) is 0 Å². The Hall–Kier alpha value is -2.62. The Kier molecular flexibility index (Phi) is 2.34.